The number of non-ortho nitro benzene ring substituents is 1. The number of carbonyl (C=O) groups is 1. The van der Waals surface area contributed by atoms with Crippen LogP contribution < -0.4 is 0 Å². The third-order valence-corrected chi connectivity index (χ3v) is 6.20. The van der Waals surface area contributed by atoms with Crippen molar-refractivity contribution in [3.8, 4) is 0 Å². The minimum Gasteiger partial charge on any atom is -0.303 e. The Bertz CT molecular complexity index is 856. The van der Waals surface area contributed by atoms with E-state index in [1.165, 1.54) is 18.2 Å². The second kappa shape index (κ2) is 11.0. The number of aldehydes is 1. The number of nitro benzene ring substituents is 1. The van der Waals surface area contributed by atoms with Crippen molar-refractivity contribution in [1.29, 1.82) is 0 Å². The SMILES string of the molecule is CCCCC(C=O)(CC)COS(=O)c1ccc([N+](=O)[O-])cc1Cc1ccccc1. The van der Waals surface area contributed by atoms with Crippen LogP contribution in [0.1, 0.15) is 50.7 Å². The van der Waals surface area contributed by atoms with Crippen molar-refractivity contribution < 1.29 is 18.1 Å². The van der Waals surface area contributed by atoms with Gasteiger partial charge in [-0.1, -0.05) is 57.0 Å². The first kappa shape index (κ1) is 22.9. The summed E-state index contributed by atoms with van der Waals surface area (Å²) in [5.74, 6) is 0. The van der Waals surface area contributed by atoms with Crippen LogP contribution in [0, 0.1) is 15.5 Å². The van der Waals surface area contributed by atoms with E-state index in [0.29, 0.717) is 29.7 Å². The number of hydrogen-bond acceptors (Lipinski definition) is 5. The zero-order valence-corrected chi connectivity index (χ0v) is 17.7. The summed E-state index contributed by atoms with van der Waals surface area (Å²) < 4.78 is 18.5. The van der Waals surface area contributed by atoms with Crippen LogP contribution in [-0.4, -0.2) is 22.0 Å². The molecule has 29 heavy (non-hydrogen) atoms. The second-order valence-corrected chi connectivity index (χ2v) is 8.29. The Morgan fingerprint density at radius 1 is 1.17 bits per heavy atom. The Kier molecular flexibility index (Phi) is 8.67. The quantitative estimate of drug-likeness (QED) is 0.275. The van der Waals surface area contributed by atoms with Gasteiger partial charge in [0.25, 0.3) is 5.69 Å². The summed E-state index contributed by atoms with van der Waals surface area (Å²) in [6.45, 7) is 4.03. The summed E-state index contributed by atoms with van der Waals surface area (Å²) in [5, 5.41) is 11.2. The molecule has 156 valence electrons. The Morgan fingerprint density at radius 2 is 1.90 bits per heavy atom. The van der Waals surface area contributed by atoms with Gasteiger partial charge in [-0.25, -0.2) is 4.21 Å². The molecule has 0 saturated carbocycles. The maximum absolute atomic E-state index is 12.9. The predicted molar refractivity (Wildman–Crippen MR) is 113 cm³/mol. The molecule has 2 rings (SSSR count). The van der Waals surface area contributed by atoms with Gasteiger partial charge in [0.15, 0.2) is 11.1 Å². The van der Waals surface area contributed by atoms with E-state index < -0.39 is 21.4 Å². The molecule has 2 unspecified atom stereocenters. The number of unbranched alkanes of at least 4 members (excludes halogenated alkanes) is 1. The molecule has 0 radical (unpaired) electrons. The molecule has 7 heteroatoms. The number of benzene rings is 2. The van der Waals surface area contributed by atoms with Crippen LogP contribution in [0.25, 0.3) is 0 Å². The molecule has 0 fully saturated rings. The molecular formula is C22H27NO5S. The number of nitro groups is 1. The summed E-state index contributed by atoms with van der Waals surface area (Å²) in [7, 11) is 0. The predicted octanol–water partition coefficient (Wildman–Crippen LogP) is 5.01. The van der Waals surface area contributed by atoms with Gasteiger partial charge in [0, 0.05) is 12.1 Å². The Balaban J connectivity index is 2.26. The van der Waals surface area contributed by atoms with Crippen LogP contribution in [0.15, 0.2) is 53.4 Å². The zero-order valence-electron chi connectivity index (χ0n) is 16.8. The van der Waals surface area contributed by atoms with Gasteiger partial charge in [0.2, 0.25) is 0 Å². The molecule has 0 aliphatic rings. The van der Waals surface area contributed by atoms with Crippen molar-refractivity contribution >= 4 is 23.1 Å². The molecule has 6 nitrogen and oxygen atoms in total. The van der Waals surface area contributed by atoms with E-state index in [9.17, 15) is 19.1 Å². The number of hydrogen-bond donors (Lipinski definition) is 0. The van der Waals surface area contributed by atoms with Crippen molar-refractivity contribution in [2.75, 3.05) is 6.61 Å². The monoisotopic (exact) mass is 417 g/mol. The Hall–Kier alpha value is -2.38. The van der Waals surface area contributed by atoms with Crippen molar-refractivity contribution in [2.45, 2.75) is 50.8 Å². The lowest BCUT2D eigenvalue weighted by Crippen LogP contribution is -2.28. The van der Waals surface area contributed by atoms with Gasteiger partial charge in [-0.2, -0.15) is 0 Å². The van der Waals surface area contributed by atoms with Gasteiger partial charge >= 0.3 is 0 Å². The highest BCUT2D eigenvalue weighted by Crippen LogP contribution is 2.29. The van der Waals surface area contributed by atoms with Gasteiger partial charge < -0.3 is 4.79 Å². The van der Waals surface area contributed by atoms with Crippen LogP contribution in [0.4, 0.5) is 5.69 Å². The highest BCUT2D eigenvalue weighted by atomic mass is 32.2. The smallest absolute Gasteiger partial charge is 0.269 e. The maximum Gasteiger partial charge on any atom is 0.269 e. The molecule has 0 aromatic heterocycles. The third-order valence-electron chi connectivity index (χ3n) is 5.11. The molecule has 2 atom stereocenters. The lowest BCUT2D eigenvalue weighted by Gasteiger charge is -2.25. The zero-order chi connectivity index (χ0) is 21.3. The molecule has 0 amide bonds. The lowest BCUT2D eigenvalue weighted by atomic mass is 9.83. The van der Waals surface area contributed by atoms with E-state index >= 15 is 0 Å². The number of rotatable bonds is 12. The molecule has 0 heterocycles. The van der Waals surface area contributed by atoms with E-state index in [4.69, 9.17) is 4.18 Å². The normalized spacial score (nSPS) is 14.1. The van der Waals surface area contributed by atoms with Crippen LogP contribution >= 0.6 is 0 Å². The van der Waals surface area contributed by atoms with E-state index in [2.05, 4.69) is 6.92 Å². The van der Waals surface area contributed by atoms with Gasteiger partial charge in [0.05, 0.1) is 21.8 Å². The van der Waals surface area contributed by atoms with Crippen molar-refractivity contribution in [3.05, 3.63) is 69.8 Å². The van der Waals surface area contributed by atoms with Crippen molar-refractivity contribution in [3.63, 3.8) is 0 Å². The maximum atomic E-state index is 12.9. The summed E-state index contributed by atoms with van der Waals surface area (Å²) in [6, 6.07) is 13.7. The molecule has 0 aliphatic carbocycles. The van der Waals surface area contributed by atoms with E-state index in [1.807, 2.05) is 37.3 Å². The summed E-state index contributed by atoms with van der Waals surface area (Å²) in [5.41, 5.74) is 0.803. The fourth-order valence-corrected chi connectivity index (χ4v) is 4.08. The largest absolute Gasteiger partial charge is 0.303 e. The molecule has 0 spiro atoms. The first-order chi connectivity index (χ1) is 13.9. The van der Waals surface area contributed by atoms with Crippen LogP contribution in [0.3, 0.4) is 0 Å². The molecule has 0 aliphatic heterocycles. The molecule has 0 N–H and O–H groups in total. The van der Waals surface area contributed by atoms with Crippen LogP contribution in [0.2, 0.25) is 0 Å². The van der Waals surface area contributed by atoms with Crippen molar-refractivity contribution in [1.82, 2.24) is 0 Å². The minimum atomic E-state index is -1.83. The number of carbonyl (C=O) groups excluding carboxylic acids is 1. The highest BCUT2D eigenvalue weighted by Gasteiger charge is 2.29. The van der Waals surface area contributed by atoms with Gasteiger partial charge in [-0.15, -0.1) is 0 Å². The van der Waals surface area contributed by atoms with E-state index in [-0.39, 0.29) is 12.3 Å². The van der Waals surface area contributed by atoms with Crippen molar-refractivity contribution in [2.24, 2.45) is 5.41 Å². The molecule has 0 saturated heterocycles. The molecule has 0 bridgehead atoms. The minimum absolute atomic E-state index is 0.0569. The fourth-order valence-electron chi connectivity index (χ4n) is 3.09. The highest BCUT2D eigenvalue weighted by molar-refractivity contribution is 7.80. The number of nitrogens with zero attached hydrogens (tertiary/aromatic N) is 1. The molecule has 2 aromatic rings. The van der Waals surface area contributed by atoms with E-state index in [0.717, 1.165) is 24.7 Å². The first-order valence-corrected chi connectivity index (χ1v) is 10.8. The van der Waals surface area contributed by atoms with Gasteiger partial charge in [-0.3, -0.25) is 14.3 Å². The first-order valence-electron chi connectivity index (χ1n) is 9.77. The van der Waals surface area contributed by atoms with E-state index in [1.54, 1.807) is 0 Å². The molecule has 2 aromatic carbocycles. The second-order valence-electron chi connectivity index (χ2n) is 7.15. The lowest BCUT2D eigenvalue weighted by molar-refractivity contribution is -0.385. The summed E-state index contributed by atoms with van der Waals surface area (Å²) in [6.07, 6.45) is 4.43. The average molecular weight is 418 g/mol. The fraction of sp³-hybridized carbons (Fsp3) is 0.409. The summed E-state index contributed by atoms with van der Waals surface area (Å²) in [4.78, 5) is 22.8. The summed E-state index contributed by atoms with van der Waals surface area (Å²) >= 11 is -1.83. The average Bonchev–Trinajstić information content (AvgIpc) is 2.75. The van der Waals surface area contributed by atoms with Crippen LogP contribution in [0.5, 0.6) is 0 Å². The topological polar surface area (TPSA) is 86.5 Å². The Labute approximate surface area is 174 Å². The molecular weight excluding hydrogens is 390 g/mol. The van der Waals surface area contributed by atoms with Crippen LogP contribution in [-0.2, 0) is 26.5 Å². The standard InChI is InChI=1S/C22H27NO5S/c1-3-5-13-22(4-2,16-24)17-28-29(27)21-12-11-20(23(25)26)15-19(21)14-18-9-7-6-8-10-18/h6-12,15-16H,3-5,13-14,17H2,1-2H3. The van der Waals surface area contributed by atoms with Gasteiger partial charge in [0.1, 0.15) is 6.29 Å². The third kappa shape index (κ3) is 6.30. The Morgan fingerprint density at radius 3 is 2.48 bits per heavy atom. The van der Waals surface area contributed by atoms with Gasteiger partial charge in [-0.05, 0) is 36.5 Å².